The molecule has 0 aliphatic heterocycles. The molecule has 0 radical (unpaired) electrons. The lowest BCUT2D eigenvalue weighted by atomic mass is 9.53. The van der Waals surface area contributed by atoms with E-state index < -0.39 is 0 Å². The summed E-state index contributed by atoms with van der Waals surface area (Å²) < 4.78 is 2.29. The van der Waals surface area contributed by atoms with Crippen LogP contribution in [-0.2, 0) is 5.54 Å². The number of nitrogens with one attached hydrogen (secondary N) is 2. The highest BCUT2D eigenvalue weighted by atomic mass is 32.1. The molecule has 5 fully saturated rings. The molecule has 130 valence electrons. The molecule has 5 saturated carbocycles. The number of hydrogen-bond donors (Lipinski definition) is 2. The van der Waals surface area contributed by atoms with E-state index in [1.165, 1.54) is 64.2 Å². The molecule has 6 rings (SSSR count). The molecule has 0 amide bonds. The predicted octanol–water partition coefficient (Wildman–Crippen LogP) is 4.04. The molecule has 0 unspecified atom stereocenters. The minimum Gasteiger partial charge on any atom is -0.360 e. The molecule has 0 saturated heterocycles. The Morgan fingerprint density at radius 2 is 1.71 bits per heavy atom. The Labute approximate surface area is 149 Å². The number of aromatic nitrogens is 2. The minimum absolute atomic E-state index is 0.301. The van der Waals surface area contributed by atoms with Crippen molar-refractivity contribution >= 4 is 23.1 Å². The third-order valence-corrected chi connectivity index (χ3v) is 7.23. The molecule has 0 atom stereocenters. The van der Waals surface area contributed by atoms with Gasteiger partial charge in [0.15, 0.2) is 10.9 Å². The topological polar surface area (TPSA) is 41.9 Å². The fourth-order valence-electron chi connectivity index (χ4n) is 6.41. The van der Waals surface area contributed by atoms with Crippen LogP contribution < -0.4 is 10.6 Å². The zero-order chi connectivity index (χ0) is 16.1. The van der Waals surface area contributed by atoms with Crippen LogP contribution in [0.15, 0.2) is 12.3 Å². The fourth-order valence-corrected chi connectivity index (χ4v) is 6.68. The van der Waals surface area contributed by atoms with Crippen LogP contribution in [0.2, 0.25) is 0 Å². The molecular weight excluding hydrogens is 316 g/mol. The number of hydrogen-bond acceptors (Lipinski definition) is 2. The monoisotopic (exact) mass is 344 g/mol. The quantitative estimate of drug-likeness (QED) is 0.812. The van der Waals surface area contributed by atoms with E-state index in [4.69, 9.17) is 17.3 Å². The Bertz CT molecular complexity index is 596. The summed E-state index contributed by atoms with van der Waals surface area (Å²) in [5, 5.41) is 12.4. The van der Waals surface area contributed by atoms with E-state index in [0.717, 1.165) is 28.7 Å². The molecule has 24 heavy (non-hydrogen) atoms. The van der Waals surface area contributed by atoms with Crippen molar-refractivity contribution in [1.29, 1.82) is 0 Å². The summed E-state index contributed by atoms with van der Waals surface area (Å²) in [6.07, 6.45) is 15.7. The van der Waals surface area contributed by atoms with Crippen LogP contribution in [0, 0.1) is 17.8 Å². The van der Waals surface area contributed by atoms with Crippen molar-refractivity contribution in [3.63, 3.8) is 0 Å². The predicted molar refractivity (Wildman–Crippen MR) is 100.0 cm³/mol. The van der Waals surface area contributed by atoms with Crippen LogP contribution >= 0.6 is 12.2 Å². The highest BCUT2D eigenvalue weighted by Gasteiger charge is 2.52. The van der Waals surface area contributed by atoms with Gasteiger partial charge in [-0.1, -0.05) is 12.8 Å². The highest BCUT2D eigenvalue weighted by Crippen LogP contribution is 2.58. The Kier molecular flexibility index (Phi) is 3.62. The molecule has 0 aromatic carbocycles. The van der Waals surface area contributed by atoms with E-state index in [1.54, 1.807) is 0 Å². The van der Waals surface area contributed by atoms with Crippen LogP contribution in [0.3, 0.4) is 0 Å². The lowest BCUT2D eigenvalue weighted by Gasteiger charge is -2.56. The summed E-state index contributed by atoms with van der Waals surface area (Å²) in [7, 11) is 0. The zero-order valence-electron chi connectivity index (χ0n) is 14.3. The Balaban J connectivity index is 1.28. The van der Waals surface area contributed by atoms with Crippen molar-refractivity contribution in [3.8, 4) is 0 Å². The van der Waals surface area contributed by atoms with Crippen LogP contribution in [0.5, 0.6) is 0 Å². The van der Waals surface area contributed by atoms with Gasteiger partial charge in [0.2, 0.25) is 0 Å². The van der Waals surface area contributed by atoms with Crippen LogP contribution in [0.1, 0.15) is 64.2 Å². The molecule has 1 heterocycles. The molecule has 4 nitrogen and oxygen atoms in total. The summed E-state index contributed by atoms with van der Waals surface area (Å²) in [4.78, 5) is 0. The maximum absolute atomic E-state index is 5.48. The van der Waals surface area contributed by atoms with Gasteiger partial charge in [0, 0.05) is 18.3 Å². The molecule has 4 bridgehead atoms. The summed E-state index contributed by atoms with van der Waals surface area (Å²) in [5.41, 5.74) is 0.301. The maximum atomic E-state index is 5.48. The normalized spacial score (nSPS) is 37.8. The van der Waals surface area contributed by atoms with Crippen LogP contribution in [0.25, 0.3) is 0 Å². The van der Waals surface area contributed by atoms with E-state index >= 15 is 0 Å². The van der Waals surface area contributed by atoms with E-state index in [9.17, 15) is 0 Å². The lowest BCUT2D eigenvalue weighted by Crippen LogP contribution is -2.52. The molecule has 0 spiro atoms. The first kappa shape index (κ1) is 15.2. The maximum Gasteiger partial charge on any atom is 0.172 e. The first-order valence-corrected chi connectivity index (χ1v) is 10.2. The van der Waals surface area contributed by atoms with E-state index in [0.29, 0.717) is 11.6 Å². The van der Waals surface area contributed by atoms with Gasteiger partial charge in [-0.05, 0) is 81.3 Å². The average molecular weight is 345 g/mol. The molecule has 1 aromatic heterocycles. The van der Waals surface area contributed by atoms with Gasteiger partial charge in [-0.3, -0.25) is 4.68 Å². The molecular formula is C19H28N4S. The number of anilines is 1. The zero-order valence-corrected chi connectivity index (χ0v) is 15.2. The molecule has 2 N–H and O–H groups in total. The summed E-state index contributed by atoms with van der Waals surface area (Å²) in [6.45, 7) is 0. The van der Waals surface area contributed by atoms with Gasteiger partial charge in [0.05, 0.1) is 5.54 Å². The first-order valence-electron chi connectivity index (χ1n) is 9.82. The van der Waals surface area contributed by atoms with Crippen molar-refractivity contribution in [2.75, 3.05) is 5.32 Å². The summed E-state index contributed by atoms with van der Waals surface area (Å²) in [5.74, 6) is 3.74. The van der Waals surface area contributed by atoms with Gasteiger partial charge >= 0.3 is 0 Å². The molecule has 5 heteroatoms. The van der Waals surface area contributed by atoms with Gasteiger partial charge in [0.1, 0.15) is 0 Å². The molecule has 5 aliphatic carbocycles. The molecule has 1 aromatic rings. The largest absolute Gasteiger partial charge is 0.360 e. The van der Waals surface area contributed by atoms with Crippen molar-refractivity contribution in [3.05, 3.63) is 12.3 Å². The van der Waals surface area contributed by atoms with Gasteiger partial charge in [-0.2, -0.15) is 5.10 Å². The summed E-state index contributed by atoms with van der Waals surface area (Å²) in [6, 6.07) is 2.65. The van der Waals surface area contributed by atoms with Crippen molar-refractivity contribution in [1.82, 2.24) is 15.1 Å². The Morgan fingerprint density at radius 3 is 2.33 bits per heavy atom. The number of thiocarbonyl (C=S) groups is 1. The number of rotatable bonds is 3. The first-order chi connectivity index (χ1) is 11.7. The standard InChI is InChI=1S/C19H28N4S/c24-18(20-16-3-1-2-4-16)21-17-5-6-23(22-17)19-10-13-7-14(11-19)9-15(8-13)12-19/h5-6,13-16H,1-4,7-12H2,(H2,20,21,22,24). The second-order valence-corrected chi connectivity index (χ2v) is 9.28. The Hall–Kier alpha value is -1.10. The van der Waals surface area contributed by atoms with E-state index in [-0.39, 0.29) is 0 Å². The van der Waals surface area contributed by atoms with Crippen molar-refractivity contribution in [2.24, 2.45) is 17.8 Å². The minimum atomic E-state index is 0.301. The third kappa shape index (κ3) is 2.65. The number of nitrogens with zero attached hydrogens (tertiary/aromatic N) is 2. The van der Waals surface area contributed by atoms with Gasteiger partial charge in [0.25, 0.3) is 0 Å². The second kappa shape index (κ2) is 5.72. The Morgan fingerprint density at radius 1 is 1.08 bits per heavy atom. The van der Waals surface area contributed by atoms with E-state index in [1.807, 2.05) is 0 Å². The fraction of sp³-hybridized carbons (Fsp3) is 0.789. The van der Waals surface area contributed by atoms with Crippen LogP contribution in [0.4, 0.5) is 5.82 Å². The van der Waals surface area contributed by atoms with Crippen molar-refractivity contribution < 1.29 is 0 Å². The SMILES string of the molecule is S=C(Nc1ccn(C23CC4CC(CC(C4)C2)C3)n1)NC1CCCC1. The lowest BCUT2D eigenvalue weighted by molar-refractivity contribution is -0.0492. The second-order valence-electron chi connectivity index (χ2n) is 8.87. The van der Waals surface area contributed by atoms with Gasteiger partial charge < -0.3 is 10.6 Å². The summed E-state index contributed by atoms with van der Waals surface area (Å²) >= 11 is 5.48. The van der Waals surface area contributed by atoms with Gasteiger partial charge in [-0.25, -0.2) is 0 Å². The average Bonchev–Trinajstić information content (AvgIpc) is 3.18. The smallest absolute Gasteiger partial charge is 0.172 e. The van der Waals surface area contributed by atoms with E-state index in [2.05, 4.69) is 27.6 Å². The third-order valence-electron chi connectivity index (χ3n) is 7.01. The van der Waals surface area contributed by atoms with Crippen molar-refractivity contribution in [2.45, 2.75) is 75.8 Å². The van der Waals surface area contributed by atoms with Crippen LogP contribution in [-0.4, -0.2) is 20.9 Å². The highest BCUT2D eigenvalue weighted by molar-refractivity contribution is 7.80. The van der Waals surface area contributed by atoms with Gasteiger partial charge in [-0.15, -0.1) is 0 Å². The molecule has 5 aliphatic rings.